The maximum absolute atomic E-state index is 12.4. The van der Waals surface area contributed by atoms with Crippen LogP contribution >= 0.6 is 0 Å². The molecule has 2 rings (SSSR count). The second-order valence-electron chi connectivity index (χ2n) is 6.30. The average molecular weight is 307 g/mol. The lowest BCUT2D eigenvalue weighted by molar-refractivity contribution is -0.138. The van der Waals surface area contributed by atoms with E-state index in [4.69, 9.17) is 0 Å². The van der Waals surface area contributed by atoms with E-state index in [0.717, 1.165) is 43.7 Å². The first-order valence-corrected chi connectivity index (χ1v) is 7.55. The van der Waals surface area contributed by atoms with Crippen LogP contribution in [-0.2, 0) is 0 Å². The second kappa shape index (κ2) is 6.42. The van der Waals surface area contributed by atoms with Crippen LogP contribution in [0.1, 0.15) is 25.7 Å². The molecule has 1 unspecified atom stereocenters. The number of carbonyl (C=O) groups is 1. The smallest absolute Gasteiger partial charge is 0.321 e. The van der Waals surface area contributed by atoms with E-state index in [1.165, 1.54) is 7.05 Å². The minimum absolute atomic E-state index is 0.113. The summed E-state index contributed by atoms with van der Waals surface area (Å²) in [6.45, 7) is 1.41. The van der Waals surface area contributed by atoms with E-state index >= 15 is 0 Å². The summed E-state index contributed by atoms with van der Waals surface area (Å²) in [5.41, 5.74) is 0. The molecule has 2 aliphatic heterocycles. The number of likely N-dealkylation sites (tertiary alicyclic amines) is 2. The molecule has 0 aromatic carbocycles. The van der Waals surface area contributed by atoms with Gasteiger partial charge in [0, 0.05) is 19.6 Å². The summed E-state index contributed by atoms with van der Waals surface area (Å²) >= 11 is 0. The third-order valence-corrected chi connectivity index (χ3v) is 4.60. The van der Waals surface area contributed by atoms with E-state index in [9.17, 15) is 18.0 Å². The van der Waals surface area contributed by atoms with E-state index in [1.54, 1.807) is 4.90 Å². The summed E-state index contributed by atoms with van der Waals surface area (Å²) < 4.78 is 37.3. The number of hydrogen-bond acceptors (Lipinski definition) is 2. The zero-order valence-electron chi connectivity index (χ0n) is 12.7. The number of alkyl halides is 3. The van der Waals surface area contributed by atoms with Crippen LogP contribution in [0, 0.1) is 5.92 Å². The molecule has 4 nitrogen and oxygen atoms in total. The predicted octanol–water partition coefficient (Wildman–Crippen LogP) is 2.41. The first-order chi connectivity index (χ1) is 9.78. The summed E-state index contributed by atoms with van der Waals surface area (Å²) in [6, 6.07) is -0.365. The molecule has 2 aliphatic rings. The highest BCUT2D eigenvalue weighted by molar-refractivity contribution is 5.75. The normalized spacial score (nSPS) is 25.4. The Morgan fingerprint density at radius 2 is 1.81 bits per heavy atom. The molecular weight excluding hydrogens is 283 g/mol. The molecule has 2 amide bonds. The fourth-order valence-corrected chi connectivity index (χ4v) is 3.49. The molecule has 0 N–H and O–H groups in total. The summed E-state index contributed by atoms with van der Waals surface area (Å²) in [7, 11) is 3.31. The van der Waals surface area contributed by atoms with Crippen molar-refractivity contribution in [2.45, 2.75) is 37.9 Å². The molecule has 0 aromatic rings. The fraction of sp³-hybridized carbons (Fsp3) is 0.929. The largest absolute Gasteiger partial charge is 0.406 e. The lowest BCUT2D eigenvalue weighted by atomic mass is 9.88. The van der Waals surface area contributed by atoms with Crippen molar-refractivity contribution in [1.29, 1.82) is 0 Å². The average Bonchev–Trinajstić information content (AvgIpc) is 2.85. The molecule has 7 heteroatoms. The Bertz CT molecular complexity index is 367. The number of amides is 2. The fourth-order valence-electron chi connectivity index (χ4n) is 3.49. The highest BCUT2D eigenvalue weighted by atomic mass is 19.4. The van der Waals surface area contributed by atoms with E-state index < -0.39 is 18.8 Å². The van der Waals surface area contributed by atoms with Crippen molar-refractivity contribution in [3.8, 4) is 0 Å². The van der Waals surface area contributed by atoms with Gasteiger partial charge in [-0.1, -0.05) is 0 Å². The lowest BCUT2D eigenvalue weighted by Crippen LogP contribution is -2.50. The number of rotatable bonds is 2. The number of piperidine rings is 1. The van der Waals surface area contributed by atoms with Gasteiger partial charge in [0.2, 0.25) is 0 Å². The minimum atomic E-state index is -4.34. The number of hydrogen-bond donors (Lipinski definition) is 0. The van der Waals surface area contributed by atoms with Crippen LogP contribution in [0.5, 0.6) is 0 Å². The van der Waals surface area contributed by atoms with Crippen molar-refractivity contribution >= 4 is 6.03 Å². The Hall–Kier alpha value is -0.980. The SMILES string of the molecule is CN1CCC(C2CCCN2C(=O)N(C)CC(F)(F)F)CC1. The van der Waals surface area contributed by atoms with Crippen molar-refractivity contribution < 1.29 is 18.0 Å². The first kappa shape index (κ1) is 16.4. The van der Waals surface area contributed by atoms with Gasteiger partial charge in [-0.05, 0) is 51.7 Å². The molecule has 122 valence electrons. The maximum atomic E-state index is 12.4. The zero-order valence-corrected chi connectivity index (χ0v) is 12.7. The van der Waals surface area contributed by atoms with Gasteiger partial charge in [-0.3, -0.25) is 0 Å². The van der Waals surface area contributed by atoms with Crippen LogP contribution in [0.15, 0.2) is 0 Å². The third-order valence-electron chi connectivity index (χ3n) is 4.60. The summed E-state index contributed by atoms with van der Waals surface area (Å²) in [4.78, 5) is 17.0. The summed E-state index contributed by atoms with van der Waals surface area (Å²) in [6.07, 6.45) is -0.488. The van der Waals surface area contributed by atoms with Crippen LogP contribution in [0.3, 0.4) is 0 Å². The standard InChI is InChI=1S/C14H24F3N3O/c1-18-8-5-11(6-9-18)12-4-3-7-20(12)13(21)19(2)10-14(15,16)17/h11-12H,3-10H2,1-2H3. The molecular formula is C14H24F3N3O. The molecule has 21 heavy (non-hydrogen) atoms. The molecule has 0 aromatic heterocycles. The molecule has 0 saturated carbocycles. The van der Waals surface area contributed by atoms with Gasteiger partial charge < -0.3 is 14.7 Å². The Morgan fingerprint density at radius 3 is 2.38 bits per heavy atom. The highest BCUT2D eigenvalue weighted by Gasteiger charge is 2.39. The van der Waals surface area contributed by atoms with Gasteiger partial charge in [-0.25, -0.2) is 4.79 Å². The number of carbonyl (C=O) groups excluding carboxylic acids is 1. The first-order valence-electron chi connectivity index (χ1n) is 7.55. The van der Waals surface area contributed by atoms with Crippen LogP contribution < -0.4 is 0 Å². The molecule has 2 fully saturated rings. The zero-order chi connectivity index (χ0) is 15.6. The van der Waals surface area contributed by atoms with Gasteiger partial charge in [-0.2, -0.15) is 13.2 Å². The molecule has 0 spiro atoms. The van der Waals surface area contributed by atoms with Crippen LogP contribution in [0.2, 0.25) is 0 Å². The van der Waals surface area contributed by atoms with Gasteiger partial charge in [-0.15, -0.1) is 0 Å². The van der Waals surface area contributed by atoms with Crippen molar-refractivity contribution in [2.75, 3.05) is 40.3 Å². The van der Waals surface area contributed by atoms with Crippen LogP contribution in [0.25, 0.3) is 0 Å². The highest BCUT2D eigenvalue weighted by Crippen LogP contribution is 2.31. The number of urea groups is 1. The van der Waals surface area contributed by atoms with Gasteiger partial charge in [0.15, 0.2) is 0 Å². The van der Waals surface area contributed by atoms with Crippen LogP contribution in [-0.4, -0.2) is 73.2 Å². The Balaban J connectivity index is 1.96. The van der Waals surface area contributed by atoms with Crippen molar-refractivity contribution in [2.24, 2.45) is 5.92 Å². The van der Waals surface area contributed by atoms with Crippen molar-refractivity contribution in [1.82, 2.24) is 14.7 Å². The minimum Gasteiger partial charge on any atom is -0.321 e. The van der Waals surface area contributed by atoms with E-state index in [-0.39, 0.29) is 6.04 Å². The van der Waals surface area contributed by atoms with Gasteiger partial charge in [0.1, 0.15) is 6.54 Å². The van der Waals surface area contributed by atoms with E-state index in [2.05, 4.69) is 11.9 Å². The quantitative estimate of drug-likeness (QED) is 0.783. The molecule has 0 radical (unpaired) electrons. The van der Waals surface area contributed by atoms with E-state index in [0.29, 0.717) is 12.5 Å². The number of halogens is 3. The molecule has 0 bridgehead atoms. The molecule has 2 heterocycles. The van der Waals surface area contributed by atoms with E-state index in [1.807, 2.05) is 0 Å². The Kier molecular flexibility index (Phi) is 5.01. The van der Waals surface area contributed by atoms with Gasteiger partial charge >= 0.3 is 12.2 Å². The van der Waals surface area contributed by atoms with Gasteiger partial charge in [0.25, 0.3) is 0 Å². The van der Waals surface area contributed by atoms with Crippen LogP contribution in [0.4, 0.5) is 18.0 Å². The summed E-state index contributed by atoms with van der Waals surface area (Å²) in [5, 5.41) is 0. The van der Waals surface area contributed by atoms with Crippen molar-refractivity contribution in [3.05, 3.63) is 0 Å². The molecule has 1 atom stereocenters. The lowest BCUT2D eigenvalue weighted by Gasteiger charge is -2.38. The Morgan fingerprint density at radius 1 is 1.19 bits per heavy atom. The predicted molar refractivity (Wildman–Crippen MR) is 74.0 cm³/mol. The number of nitrogens with zero attached hydrogens (tertiary/aromatic N) is 3. The monoisotopic (exact) mass is 307 g/mol. The van der Waals surface area contributed by atoms with Crippen molar-refractivity contribution in [3.63, 3.8) is 0 Å². The molecule has 2 saturated heterocycles. The Labute approximate surface area is 123 Å². The van der Waals surface area contributed by atoms with Gasteiger partial charge in [0.05, 0.1) is 0 Å². The summed E-state index contributed by atoms with van der Waals surface area (Å²) in [5.74, 6) is 0.423. The topological polar surface area (TPSA) is 26.8 Å². The second-order valence-corrected chi connectivity index (χ2v) is 6.30. The molecule has 0 aliphatic carbocycles. The third kappa shape index (κ3) is 4.25. The maximum Gasteiger partial charge on any atom is 0.406 e.